The van der Waals surface area contributed by atoms with Crippen molar-refractivity contribution in [3.8, 4) is 0 Å². The molecule has 0 spiro atoms. The van der Waals surface area contributed by atoms with Crippen molar-refractivity contribution in [2.75, 3.05) is 17.2 Å². The van der Waals surface area contributed by atoms with Crippen LogP contribution in [0.5, 0.6) is 0 Å². The second kappa shape index (κ2) is 10.2. The Bertz CT molecular complexity index is 1340. The van der Waals surface area contributed by atoms with E-state index in [9.17, 15) is 9.59 Å². The number of anilines is 3. The fourth-order valence-corrected chi connectivity index (χ4v) is 4.20. The van der Waals surface area contributed by atoms with Crippen LogP contribution in [-0.4, -0.2) is 39.5 Å². The minimum absolute atomic E-state index is 0.177. The van der Waals surface area contributed by atoms with Gasteiger partial charge in [-0.15, -0.1) is 0 Å². The number of nitrogens with one attached hydrogen (secondary N) is 2. The van der Waals surface area contributed by atoms with Gasteiger partial charge < -0.3 is 15.4 Å². The Labute approximate surface area is 203 Å². The highest BCUT2D eigenvalue weighted by molar-refractivity contribution is 5.97. The van der Waals surface area contributed by atoms with Crippen LogP contribution in [0, 0.1) is 0 Å². The molecule has 1 aromatic heterocycles. The maximum atomic E-state index is 13.0. The van der Waals surface area contributed by atoms with E-state index in [4.69, 9.17) is 4.74 Å². The highest BCUT2D eigenvalue weighted by Gasteiger charge is 2.35. The van der Waals surface area contributed by atoms with E-state index in [1.807, 2.05) is 78.9 Å². The molecule has 1 aliphatic heterocycles. The Morgan fingerprint density at radius 3 is 2.63 bits per heavy atom. The number of benzene rings is 3. The smallest absolute Gasteiger partial charge is 0.410 e. The molecular formula is C27H25N5O3. The number of amides is 2. The first-order valence-corrected chi connectivity index (χ1v) is 11.5. The first-order valence-electron chi connectivity index (χ1n) is 11.5. The van der Waals surface area contributed by atoms with Crippen LogP contribution in [-0.2, 0) is 16.1 Å². The van der Waals surface area contributed by atoms with Gasteiger partial charge in [-0.3, -0.25) is 9.69 Å². The monoisotopic (exact) mass is 467 g/mol. The van der Waals surface area contributed by atoms with Crippen molar-refractivity contribution in [1.82, 2.24) is 14.9 Å². The molecule has 0 radical (unpaired) electrons. The lowest BCUT2D eigenvalue weighted by Gasteiger charge is -2.23. The van der Waals surface area contributed by atoms with Crippen LogP contribution in [0.3, 0.4) is 0 Å². The lowest BCUT2D eigenvalue weighted by atomic mass is 10.2. The van der Waals surface area contributed by atoms with E-state index >= 15 is 0 Å². The van der Waals surface area contributed by atoms with E-state index in [-0.39, 0.29) is 12.5 Å². The molecule has 8 nitrogen and oxygen atoms in total. The molecule has 0 aliphatic carbocycles. The maximum absolute atomic E-state index is 13.0. The van der Waals surface area contributed by atoms with Crippen molar-refractivity contribution in [2.24, 2.45) is 0 Å². The van der Waals surface area contributed by atoms with Crippen molar-refractivity contribution in [2.45, 2.75) is 25.5 Å². The molecule has 1 unspecified atom stereocenters. The van der Waals surface area contributed by atoms with Crippen LogP contribution in [0.1, 0.15) is 18.4 Å². The predicted molar refractivity (Wildman–Crippen MR) is 134 cm³/mol. The van der Waals surface area contributed by atoms with Gasteiger partial charge in [-0.25, -0.2) is 14.8 Å². The zero-order valence-electron chi connectivity index (χ0n) is 19.1. The summed E-state index contributed by atoms with van der Waals surface area (Å²) in [5.41, 5.74) is 3.15. The number of rotatable bonds is 6. The van der Waals surface area contributed by atoms with Gasteiger partial charge in [0, 0.05) is 23.3 Å². The van der Waals surface area contributed by atoms with Gasteiger partial charge in [-0.05, 0) is 48.7 Å². The minimum atomic E-state index is -0.569. The lowest BCUT2D eigenvalue weighted by Crippen LogP contribution is -2.43. The number of carbonyl (C=O) groups is 2. The van der Waals surface area contributed by atoms with Gasteiger partial charge in [0.2, 0.25) is 5.91 Å². The maximum Gasteiger partial charge on any atom is 0.410 e. The topological polar surface area (TPSA) is 96.5 Å². The molecule has 1 fully saturated rings. The summed E-state index contributed by atoms with van der Waals surface area (Å²) in [7, 11) is 0. The molecule has 2 heterocycles. The van der Waals surface area contributed by atoms with Crippen molar-refractivity contribution in [3.63, 3.8) is 0 Å². The summed E-state index contributed by atoms with van der Waals surface area (Å²) in [6, 6.07) is 24.1. The summed E-state index contributed by atoms with van der Waals surface area (Å²) in [5, 5.41) is 7.15. The van der Waals surface area contributed by atoms with Crippen molar-refractivity contribution < 1.29 is 14.3 Å². The SMILES string of the molecule is O=C(Nc1cccc(Nc2ncnc3ccccc23)c1)C1CCCN1C(=O)OCc1ccccc1. The molecule has 1 aliphatic rings. The molecule has 2 N–H and O–H groups in total. The number of aromatic nitrogens is 2. The number of ether oxygens (including phenoxy) is 1. The largest absolute Gasteiger partial charge is 0.445 e. The number of nitrogens with zero attached hydrogens (tertiary/aromatic N) is 3. The Hall–Kier alpha value is -4.46. The molecule has 0 saturated carbocycles. The Kier molecular flexibility index (Phi) is 6.52. The second-order valence-corrected chi connectivity index (χ2v) is 8.33. The van der Waals surface area contributed by atoms with Gasteiger partial charge >= 0.3 is 6.09 Å². The summed E-state index contributed by atoms with van der Waals surface area (Å²) in [4.78, 5) is 35.8. The molecule has 8 heteroatoms. The van der Waals surface area contributed by atoms with Crippen LogP contribution in [0.2, 0.25) is 0 Å². The number of carbonyl (C=O) groups excluding carboxylic acids is 2. The van der Waals surface area contributed by atoms with Gasteiger partial charge in [0.05, 0.1) is 5.52 Å². The van der Waals surface area contributed by atoms with Crippen LogP contribution in [0.15, 0.2) is 85.2 Å². The highest BCUT2D eigenvalue weighted by Crippen LogP contribution is 2.25. The molecule has 5 rings (SSSR count). The van der Waals surface area contributed by atoms with Gasteiger partial charge in [0.15, 0.2) is 0 Å². The number of hydrogen-bond donors (Lipinski definition) is 2. The Balaban J connectivity index is 1.24. The van der Waals surface area contributed by atoms with E-state index in [2.05, 4.69) is 20.6 Å². The molecule has 4 aromatic rings. The summed E-state index contributed by atoms with van der Waals surface area (Å²) in [5.74, 6) is 0.450. The Morgan fingerprint density at radius 2 is 1.74 bits per heavy atom. The van der Waals surface area contributed by atoms with E-state index in [0.717, 1.165) is 28.6 Å². The third-order valence-corrected chi connectivity index (χ3v) is 5.93. The van der Waals surface area contributed by atoms with Crippen molar-refractivity contribution in [1.29, 1.82) is 0 Å². The average Bonchev–Trinajstić information content (AvgIpc) is 3.39. The average molecular weight is 468 g/mol. The number of fused-ring (bicyclic) bond motifs is 1. The lowest BCUT2D eigenvalue weighted by molar-refractivity contribution is -0.120. The van der Waals surface area contributed by atoms with E-state index in [0.29, 0.717) is 24.5 Å². The normalized spacial score (nSPS) is 15.1. The summed E-state index contributed by atoms with van der Waals surface area (Å²) in [6.45, 7) is 0.671. The van der Waals surface area contributed by atoms with E-state index < -0.39 is 12.1 Å². The fraction of sp³-hybridized carbons (Fsp3) is 0.185. The summed E-state index contributed by atoms with van der Waals surface area (Å²) < 4.78 is 5.45. The molecular weight excluding hydrogens is 442 g/mol. The second-order valence-electron chi connectivity index (χ2n) is 8.33. The molecule has 0 bridgehead atoms. The third-order valence-electron chi connectivity index (χ3n) is 5.93. The van der Waals surface area contributed by atoms with Gasteiger partial charge in [-0.2, -0.15) is 0 Å². The molecule has 176 valence electrons. The van der Waals surface area contributed by atoms with Crippen LogP contribution in [0.25, 0.3) is 10.9 Å². The zero-order chi connectivity index (χ0) is 24.0. The fourth-order valence-electron chi connectivity index (χ4n) is 4.20. The summed E-state index contributed by atoms with van der Waals surface area (Å²) in [6.07, 6.45) is 2.39. The molecule has 1 atom stereocenters. The molecule has 1 saturated heterocycles. The van der Waals surface area contributed by atoms with E-state index in [1.54, 1.807) is 0 Å². The first kappa shape index (κ1) is 22.3. The van der Waals surface area contributed by atoms with Crippen molar-refractivity contribution in [3.05, 3.63) is 90.8 Å². The molecule has 3 aromatic carbocycles. The van der Waals surface area contributed by atoms with E-state index in [1.165, 1.54) is 11.2 Å². The molecule has 2 amide bonds. The number of hydrogen-bond acceptors (Lipinski definition) is 6. The van der Waals surface area contributed by atoms with Crippen LogP contribution < -0.4 is 10.6 Å². The van der Waals surface area contributed by atoms with Crippen molar-refractivity contribution >= 4 is 40.1 Å². The summed E-state index contributed by atoms with van der Waals surface area (Å²) >= 11 is 0. The van der Waals surface area contributed by atoms with Crippen LogP contribution >= 0.6 is 0 Å². The minimum Gasteiger partial charge on any atom is -0.445 e. The van der Waals surface area contributed by atoms with Gasteiger partial charge in [-0.1, -0.05) is 48.5 Å². The quantitative estimate of drug-likeness (QED) is 0.409. The van der Waals surface area contributed by atoms with Crippen LogP contribution in [0.4, 0.5) is 22.0 Å². The van der Waals surface area contributed by atoms with Gasteiger partial charge in [0.1, 0.15) is 24.8 Å². The van der Waals surface area contributed by atoms with Gasteiger partial charge in [0.25, 0.3) is 0 Å². The highest BCUT2D eigenvalue weighted by atomic mass is 16.6. The predicted octanol–water partition coefficient (Wildman–Crippen LogP) is 5.11. The molecule has 35 heavy (non-hydrogen) atoms. The number of para-hydroxylation sites is 1. The standard InChI is InChI=1S/C27H25N5O3/c33-26(24-14-7-15-32(24)27(34)35-17-19-8-2-1-3-9-19)31-21-11-6-10-20(16-21)30-25-22-12-4-5-13-23(22)28-18-29-25/h1-6,8-13,16,18,24H,7,14-15,17H2,(H,31,33)(H,28,29,30). The Morgan fingerprint density at radius 1 is 0.943 bits per heavy atom. The zero-order valence-corrected chi connectivity index (χ0v) is 19.1. The first-order chi connectivity index (χ1) is 17.2. The third kappa shape index (κ3) is 5.22. The number of likely N-dealkylation sites (tertiary alicyclic amines) is 1.